The van der Waals surface area contributed by atoms with Crippen molar-refractivity contribution in [1.29, 1.82) is 0 Å². The SMILES string of the molecule is CN(CCO)Cc1cc2ccccc2nc1N1CCCCC1. The van der Waals surface area contributed by atoms with Crippen LogP contribution in [0, 0.1) is 0 Å². The molecule has 0 spiro atoms. The van der Waals surface area contributed by atoms with Crippen LogP contribution in [0.15, 0.2) is 30.3 Å². The lowest BCUT2D eigenvalue weighted by atomic mass is 10.1. The first-order valence-corrected chi connectivity index (χ1v) is 8.21. The lowest BCUT2D eigenvalue weighted by molar-refractivity contribution is 0.217. The van der Waals surface area contributed by atoms with Crippen LogP contribution in [0.5, 0.6) is 0 Å². The second-order valence-corrected chi connectivity index (χ2v) is 6.17. The highest BCUT2D eigenvalue weighted by molar-refractivity contribution is 5.81. The first-order chi connectivity index (χ1) is 10.8. The Morgan fingerprint density at radius 2 is 1.95 bits per heavy atom. The summed E-state index contributed by atoms with van der Waals surface area (Å²) in [5, 5.41) is 10.3. The number of aromatic nitrogens is 1. The van der Waals surface area contributed by atoms with Crippen molar-refractivity contribution in [3.63, 3.8) is 0 Å². The highest BCUT2D eigenvalue weighted by Gasteiger charge is 2.17. The number of anilines is 1. The van der Waals surface area contributed by atoms with Crippen molar-refractivity contribution in [2.24, 2.45) is 0 Å². The molecule has 4 nitrogen and oxygen atoms in total. The molecule has 1 aromatic carbocycles. The number of piperidine rings is 1. The minimum absolute atomic E-state index is 0.191. The molecule has 0 unspecified atom stereocenters. The minimum Gasteiger partial charge on any atom is -0.395 e. The zero-order valence-electron chi connectivity index (χ0n) is 13.3. The highest BCUT2D eigenvalue weighted by atomic mass is 16.3. The van der Waals surface area contributed by atoms with Gasteiger partial charge in [-0.05, 0) is 38.4 Å². The van der Waals surface area contributed by atoms with E-state index in [9.17, 15) is 0 Å². The third-order valence-corrected chi connectivity index (χ3v) is 4.36. The van der Waals surface area contributed by atoms with Crippen molar-refractivity contribution >= 4 is 16.7 Å². The predicted octanol–water partition coefficient (Wildman–Crippen LogP) is 2.65. The topological polar surface area (TPSA) is 39.6 Å². The van der Waals surface area contributed by atoms with E-state index in [1.807, 2.05) is 13.1 Å². The third-order valence-electron chi connectivity index (χ3n) is 4.36. The molecule has 1 fully saturated rings. The zero-order chi connectivity index (χ0) is 15.4. The maximum Gasteiger partial charge on any atom is 0.133 e. The lowest BCUT2D eigenvalue weighted by Gasteiger charge is -2.30. The smallest absolute Gasteiger partial charge is 0.133 e. The van der Waals surface area contributed by atoms with Crippen LogP contribution < -0.4 is 4.90 Å². The molecule has 4 heteroatoms. The van der Waals surface area contributed by atoms with E-state index in [1.54, 1.807) is 0 Å². The van der Waals surface area contributed by atoms with Crippen LogP contribution in [0.25, 0.3) is 10.9 Å². The van der Waals surface area contributed by atoms with Gasteiger partial charge in [0.2, 0.25) is 0 Å². The van der Waals surface area contributed by atoms with E-state index in [1.165, 1.54) is 30.2 Å². The van der Waals surface area contributed by atoms with Gasteiger partial charge in [-0.15, -0.1) is 0 Å². The molecule has 1 saturated heterocycles. The molecule has 1 N–H and O–H groups in total. The maximum atomic E-state index is 9.14. The summed E-state index contributed by atoms with van der Waals surface area (Å²) in [6.45, 7) is 3.90. The summed E-state index contributed by atoms with van der Waals surface area (Å²) in [4.78, 5) is 9.53. The number of aliphatic hydroxyl groups is 1. The van der Waals surface area contributed by atoms with E-state index in [0.717, 1.165) is 31.0 Å². The standard InChI is InChI=1S/C18H25N3O/c1-20(11-12-22)14-16-13-15-7-3-4-8-17(15)19-18(16)21-9-5-2-6-10-21/h3-4,7-8,13,22H,2,5-6,9-12,14H2,1H3. The van der Waals surface area contributed by atoms with Gasteiger partial charge in [-0.1, -0.05) is 18.2 Å². The van der Waals surface area contributed by atoms with Gasteiger partial charge in [0.15, 0.2) is 0 Å². The number of likely N-dealkylation sites (N-methyl/N-ethyl adjacent to an activating group) is 1. The number of benzene rings is 1. The van der Waals surface area contributed by atoms with E-state index in [4.69, 9.17) is 10.1 Å². The van der Waals surface area contributed by atoms with Gasteiger partial charge in [0.05, 0.1) is 12.1 Å². The number of pyridine rings is 1. The Labute approximate surface area is 132 Å². The summed E-state index contributed by atoms with van der Waals surface area (Å²) >= 11 is 0. The Bertz CT molecular complexity index is 623. The largest absolute Gasteiger partial charge is 0.395 e. The van der Waals surface area contributed by atoms with Crippen molar-refractivity contribution in [1.82, 2.24) is 9.88 Å². The summed E-state index contributed by atoms with van der Waals surface area (Å²) < 4.78 is 0. The van der Waals surface area contributed by atoms with Crippen molar-refractivity contribution < 1.29 is 5.11 Å². The van der Waals surface area contributed by atoms with Gasteiger partial charge in [-0.3, -0.25) is 4.90 Å². The van der Waals surface area contributed by atoms with E-state index in [0.29, 0.717) is 6.54 Å². The van der Waals surface area contributed by atoms with Crippen molar-refractivity contribution in [2.45, 2.75) is 25.8 Å². The van der Waals surface area contributed by atoms with E-state index in [-0.39, 0.29) is 6.61 Å². The zero-order valence-corrected chi connectivity index (χ0v) is 13.3. The fraction of sp³-hybridized carbons (Fsp3) is 0.500. The highest BCUT2D eigenvalue weighted by Crippen LogP contribution is 2.27. The quantitative estimate of drug-likeness (QED) is 0.921. The molecule has 118 valence electrons. The van der Waals surface area contributed by atoms with Gasteiger partial charge in [-0.2, -0.15) is 0 Å². The molecule has 0 aliphatic carbocycles. The summed E-state index contributed by atoms with van der Waals surface area (Å²) in [7, 11) is 2.05. The van der Waals surface area contributed by atoms with Crippen molar-refractivity contribution in [2.75, 3.05) is 38.2 Å². The fourth-order valence-electron chi connectivity index (χ4n) is 3.19. The average Bonchev–Trinajstić information content (AvgIpc) is 2.55. The molecule has 22 heavy (non-hydrogen) atoms. The number of aliphatic hydroxyl groups excluding tert-OH is 1. The Balaban J connectivity index is 1.97. The van der Waals surface area contributed by atoms with Crippen LogP contribution in [-0.4, -0.2) is 48.3 Å². The summed E-state index contributed by atoms with van der Waals surface area (Å²) in [6.07, 6.45) is 3.82. The maximum absolute atomic E-state index is 9.14. The van der Waals surface area contributed by atoms with E-state index < -0.39 is 0 Å². The monoisotopic (exact) mass is 299 g/mol. The summed E-state index contributed by atoms with van der Waals surface area (Å²) in [5.41, 5.74) is 2.33. The normalized spacial score (nSPS) is 15.7. The molecule has 0 atom stereocenters. The molecule has 2 aromatic rings. The van der Waals surface area contributed by atoms with Crippen LogP contribution in [0.1, 0.15) is 24.8 Å². The lowest BCUT2D eigenvalue weighted by Crippen LogP contribution is -2.32. The Kier molecular flexibility index (Phi) is 4.90. The molecule has 0 bridgehead atoms. The van der Waals surface area contributed by atoms with Crippen LogP contribution in [0.2, 0.25) is 0 Å². The molecule has 0 radical (unpaired) electrons. The Morgan fingerprint density at radius 3 is 2.73 bits per heavy atom. The third kappa shape index (κ3) is 3.39. The number of rotatable bonds is 5. The van der Waals surface area contributed by atoms with Gasteiger partial charge < -0.3 is 10.0 Å². The van der Waals surface area contributed by atoms with Crippen LogP contribution in [0.4, 0.5) is 5.82 Å². The second-order valence-electron chi connectivity index (χ2n) is 6.17. The minimum atomic E-state index is 0.191. The molecule has 0 amide bonds. The second kappa shape index (κ2) is 7.07. The first-order valence-electron chi connectivity index (χ1n) is 8.21. The van der Waals surface area contributed by atoms with Crippen LogP contribution in [0.3, 0.4) is 0 Å². The number of hydrogen-bond donors (Lipinski definition) is 1. The summed E-state index contributed by atoms with van der Waals surface area (Å²) in [6, 6.07) is 10.6. The molecule has 1 aliphatic rings. The fourth-order valence-corrected chi connectivity index (χ4v) is 3.19. The molecular formula is C18H25N3O. The van der Waals surface area contributed by atoms with E-state index in [2.05, 4.69) is 34.1 Å². The Hall–Kier alpha value is -1.65. The van der Waals surface area contributed by atoms with E-state index >= 15 is 0 Å². The van der Waals surface area contributed by atoms with Crippen molar-refractivity contribution in [3.05, 3.63) is 35.9 Å². The number of fused-ring (bicyclic) bond motifs is 1. The molecule has 0 saturated carbocycles. The molecule has 1 aromatic heterocycles. The molecule has 1 aliphatic heterocycles. The number of nitrogens with zero attached hydrogens (tertiary/aromatic N) is 3. The molecule has 3 rings (SSSR count). The first kappa shape index (κ1) is 15.3. The number of para-hydroxylation sites is 1. The average molecular weight is 299 g/mol. The number of hydrogen-bond acceptors (Lipinski definition) is 4. The van der Waals surface area contributed by atoms with Crippen LogP contribution >= 0.6 is 0 Å². The van der Waals surface area contributed by atoms with Gasteiger partial charge >= 0.3 is 0 Å². The van der Waals surface area contributed by atoms with Gasteiger partial charge in [0.25, 0.3) is 0 Å². The van der Waals surface area contributed by atoms with Crippen LogP contribution in [-0.2, 0) is 6.54 Å². The summed E-state index contributed by atoms with van der Waals surface area (Å²) in [5.74, 6) is 1.13. The van der Waals surface area contributed by atoms with Crippen molar-refractivity contribution in [3.8, 4) is 0 Å². The predicted molar refractivity (Wildman–Crippen MR) is 91.2 cm³/mol. The van der Waals surface area contributed by atoms with Gasteiger partial charge in [0, 0.05) is 37.1 Å². The van der Waals surface area contributed by atoms with Gasteiger partial charge in [0.1, 0.15) is 5.82 Å². The van der Waals surface area contributed by atoms with Gasteiger partial charge in [-0.25, -0.2) is 4.98 Å². The Morgan fingerprint density at radius 1 is 1.18 bits per heavy atom. The molecular weight excluding hydrogens is 274 g/mol. The molecule has 2 heterocycles.